The summed E-state index contributed by atoms with van der Waals surface area (Å²) in [6.07, 6.45) is 2.43. The summed E-state index contributed by atoms with van der Waals surface area (Å²) < 4.78 is 19.7. The molecule has 0 aliphatic carbocycles. The maximum absolute atomic E-state index is 13.7. The first-order valence-electron chi connectivity index (χ1n) is 5.46. The highest BCUT2D eigenvalue weighted by atomic mass is 79.9. The zero-order chi connectivity index (χ0) is 12.3. The quantitative estimate of drug-likeness (QED) is 0.881. The Labute approximate surface area is 108 Å². The number of halogens is 2. The SMILES string of the molecule is CCC(Nc1c(F)cccc1Br)c1ccco1. The van der Waals surface area contributed by atoms with Crippen LogP contribution in [-0.2, 0) is 0 Å². The molecule has 17 heavy (non-hydrogen) atoms. The van der Waals surface area contributed by atoms with Gasteiger partial charge in [0.1, 0.15) is 11.6 Å². The second-order valence-corrected chi connectivity index (χ2v) is 4.57. The highest BCUT2D eigenvalue weighted by Gasteiger charge is 2.15. The van der Waals surface area contributed by atoms with Crippen molar-refractivity contribution in [2.24, 2.45) is 0 Å². The monoisotopic (exact) mass is 297 g/mol. The first-order valence-corrected chi connectivity index (χ1v) is 6.25. The molecule has 2 aromatic rings. The molecule has 1 heterocycles. The Kier molecular flexibility index (Phi) is 3.84. The van der Waals surface area contributed by atoms with Gasteiger partial charge in [-0.15, -0.1) is 0 Å². The number of rotatable bonds is 4. The van der Waals surface area contributed by atoms with Crippen molar-refractivity contribution in [3.05, 3.63) is 52.6 Å². The van der Waals surface area contributed by atoms with Crippen molar-refractivity contribution in [1.29, 1.82) is 0 Å². The standard InChI is InChI=1S/C13H13BrFNO/c1-2-11(12-7-4-8-17-12)16-13-9(14)5-3-6-10(13)15/h3-8,11,16H,2H2,1H3. The first-order chi connectivity index (χ1) is 8.22. The fourth-order valence-electron chi connectivity index (χ4n) is 1.67. The minimum atomic E-state index is -0.274. The van der Waals surface area contributed by atoms with Crippen molar-refractivity contribution in [3.63, 3.8) is 0 Å². The topological polar surface area (TPSA) is 25.2 Å². The van der Waals surface area contributed by atoms with Crippen LogP contribution in [0.15, 0.2) is 45.5 Å². The molecule has 0 saturated carbocycles. The molecule has 0 fully saturated rings. The van der Waals surface area contributed by atoms with Crippen molar-refractivity contribution in [3.8, 4) is 0 Å². The Hall–Kier alpha value is -1.29. The Morgan fingerprint density at radius 3 is 2.76 bits per heavy atom. The predicted molar refractivity (Wildman–Crippen MR) is 69.5 cm³/mol. The number of hydrogen-bond donors (Lipinski definition) is 1. The third kappa shape index (κ3) is 2.69. The van der Waals surface area contributed by atoms with Gasteiger partial charge in [-0.2, -0.15) is 0 Å². The lowest BCUT2D eigenvalue weighted by Gasteiger charge is -2.17. The Morgan fingerprint density at radius 1 is 1.35 bits per heavy atom. The number of anilines is 1. The van der Waals surface area contributed by atoms with Gasteiger partial charge in [-0.05, 0) is 46.6 Å². The van der Waals surface area contributed by atoms with Gasteiger partial charge in [-0.3, -0.25) is 0 Å². The minimum Gasteiger partial charge on any atom is -0.467 e. The molecular formula is C13H13BrFNO. The van der Waals surface area contributed by atoms with E-state index in [4.69, 9.17) is 4.42 Å². The van der Waals surface area contributed by atoms with Crippen molar-refractivity contribution in [1.82, 2.24) is 0 Å². The van der Waals surface area contributed by atoms with E-state index in [9.17, 15) is 4.39 Å². The van der Waals surface area contributed by atoms with Crippen molar-refractivity contribution < 1.29 is 8.81 Å². The average molecular weight is 298 g/mol. The lowest BCUT2D eigenvalue weighted by atomic mass is 10.1. The van der Waals surface area contributed by atoms with Gasteiger partial charge in [0.2, 0.25) is 0 Å². The second kappa shape index (κ2) is 5.36. The molecule has 1 aromatic carbocycles. The molecule has 2 rings (SSSR count). The van der Waals surface area contributed by atoms with Gasteiger partial charge in [0.25, 0.3) is 0 Å². The number of benzene rings is 1. The van der Waals surface area contributed by atoms with Crippen LogP contribution in [0.1, 0.15) is 25.1 Å². The molecule has 1 aromatic heterocycles. The maximum atomic E-state index is 13.7. The van der Waals surface area contributed by atoms with E-state index >= 15 is 0 Å². The van der Waals surface area contributed by atoms with Gasteiger partial charge in [0, 0.05) is 4.47 Å². The van der Waals surface area contributed by atoms with E-state index in [0.717, 1.165) is 12.2 Å². The van der Waals surface area contributed by atoms with E-state index < -0.39 is 0 Å². The zero-order valence-electron chi connectivity index (χ0n) is 9.41. The highest BCUT2D eigenvalue weighted by Crippen LogP contribution is 2.30. The van der Waals surface area contributed by atoms with Crippen LogP contribution < -0.4 is 5.32 Å². The summed E-state index contributed by atoms with van der Waals surface area (Å²) in [5.74, 6) is 0.534. The molecule has 0 saturated heterocycles. The molecule has 0 spiro atoms. The summed E-state index contributed by atoms with van der Waals surface area (Å²) in [6, 6.07) is 8.59. The van der Waals surface area contributed by atoms with Gasteiger partial charge in [-0.25, -0.2) is 4.39 Å². The predicted octanol–water partition coefficient (Wildman–Crippen LogP) is 4.74. The summed E-state index contributed by atoms with van der Waals surface area (Å²) in [6.45, 7) is 2.02. The summed E-state index contributed by atoms with van der Waals surface area (Å²) in [7, 11) is 0. The third-order valence-electron chi connectivity index (χ3n) is 2.58. The molecule has 90 valence electrons. The lowest BCUT2D eigenvalue weighted by molar-refractivity contribution is 0.472. The number of nitrogens with one attached hydrogen (secondary N) is 1. The van der Waals surface area contributed by atoms with Crippen molar-refractivity contribution in [2.75, 3.05) is 5.32 Å². The lowest BCUT2D eigenvalue weighted by Crippen LogP contribution is -2.10. The second-order valence-electron chi connectivity index (χ2n) is 3.72. The van der Waals surface area contributed by atoms with E-state index in [1.165, 1.54) is 6.07 Å². The fourth-order valence-corrected chi connectivity index (χ4v) is 2.13. The van der Waals surface area contributed by atoms with Crippen LogP contribution in [0.5, 0.6) is 0 Å². The average Bonchev–Trinajstić information content (AvgIpc) is 2.82. The Morgan fingerprint density at radius 2 is 2.18 bits per heavy atom. The van der Waals surface area contributed by atoms with E-state index in [0.29, 0.717) is 10.2 Å². The molecule has 4 heteroatoms. The van der Waals surface area contributed by atoms with Gasteiger partial charge >= 0.3 is 0 Å². The molecular weight excluding hydrogens is 285 g/mol. The highest BCUT2D eigenvalue weighted by molar-refractivity contribution is 9.10. The maximum Gasteiger partial charge on any atom is 0.147 e. The van der Waals surface area contributed by atoms with Crippen LogP contribution in [0.3, 0.4) is 0 Å². The molecule has 1 atom stereocenters. The number of hydrogen-bond acceptors (Lipinski definition) is 2. The molecule has 2 nitrogen and oxygen atoms in total. The third-order valence-corrected chi connectivity index (χ3v) is 3.24. The number of para-hydroxylation sites is 1. The van der Waals surface area contributed by atoms with E-state index in [1.54, 1.807) is 18.4 Å². The first kappa shape index (κ1) is 12.2. The van der Waals surface area contributed by atoms with E-state index in [1.807, 2.05) is 19.1 Å². The van der Waals surface area contributed by atoms with Crippen LogP contribution in [-0.4, -0.2) is 0 Å². The van der Waals surface area contributed by atoms with Crippen LogP contribution in [0.25, 0.3) is 0 Å². The number of furan rings is 1. The smallest absolute Gasteiger partial charge is 0.147 e. The van der Waals surface area contributed by atoms with Crippen LogP contribution >= 0.6 is 15.9 Å². The summed E-state index contributed by atoms with van der Waals surface area (Å²) in [5, 5.41) is 3.15. The van der Waals surface area contributed by atoms with Crippen LogP contribution in [0.2, 0.25) is 0 Å². The van der Waals surface area contributed by atoms with E-state index in [-0.39, 0.29) is 11.9 Å². The zero-order valence-corrected chi connectivity index (χ0v) is 11.0. The molecule has 0 radical (unpaired) electrons. The van der Waals surface area contributed by atoms with Gasteiger partial charge < -0.3 is 9.73 Å². The van der Waals surface area contributed by atoms with Crippen LogP contribution in [0.4, 0.5) is 10.1 Å². The van der Waals surface area contributed by atoms with E-state index in [2.05, 4.69) is 21.2 Å². The summed E-state index contributed by atoms with van der Waals surface area (Å²) >= 11 is 3.33. The summed E-state index contributed by atoms with van der Waals surface area (Å²) in [4.78, 5) is 0. The minimum absolute atomic E-state index is 0.0294. The van der Waals surface area contributed by atoms with Crippen molar-refractivity contribution >= 4 is 21.6 Å². The van der Waals surface area contributed by atoms with Gasteiger partial charge in [0.15, 0.2) is 0 Å². The summed E-state index contributed by atoms with van der Waals surface area (Å²) in [5.41, 5.74) is 0.468. The molecule has 0 amide bonds. The van der Waals surface area contributed by atoms with Crippen molar-refractivity contribution in [2.45, 2.75) is 19.4 Å². The molecule has 1 N–H and O–H groups in total. The normalized spacial score (nSPS) is 12.4. The Bertz CT molecular complexity index is 464. The molecule has 0 aliphatic rings. The van der Waals surface area contributed by atoms with Gasteiger partial charge in [0.05, 0.1) is 18.0 Å². The van der Waals surface area contributed by atoms with Gasteiger partial charge in [-0.1, -0.05) is 13.0 Å². The Balaban J connectivity index is 2.25. The van der Waals surface area contributed by atoms with Crippen LogP contribution in [0, 0.1) is 5.82 Å². The largest absolute Gasteiger partial charge is 0.467 e. The molecule has 0 aliphatic heterocycles. The molecule has 1 unspecified atom stereocenters. The fraction of sp³-hybridized carbons (Fsp3) is 0.231. The molecule has 0 bridgehead atoms.